The van der Waals surface area contributed by atoms with Gasteiger partial charge in [0.25, 0.3) is 5.56 Å². The number of carbonyl (C=O) groups is 2. The number of carbonyl (C=O) groups excluding carboxylic acids is 2. The van der Waals surface area contributed by atoms with E-state index in [0.717, 1.165) is 12.8 Å². The van der Waals surface area contributed by atoms with Gasteiger partial charge in [0.15, 0.2) is 0 Å². The number of benzene rings is 1. The van der Waals surface area contributed by atoms with Crippen LogP contribution in [0.4, 0.5) is 17.2 Å². The molecule has 0 unspecified atom stereocenters. The average molecular weight is 417 g/mol. The van der Waals surface area contributed by atoms with Crippen LogP contribution in [0.15, 0.2) is 33.9 Å². The zero-order valence-corrected chi connectivity index (χ0v) is 17.4. The lowest BCUT2D eigenvalue weighted by Gasteiger charge is -2.24. The number of nitrogen functional groups attached to an aromatic ring is 1. The Labute approximate surface area is 173 Å². The molecule has 1 aromatic carbocycles. The molecule has 2 rings (SSSR count). The first-order chi connectivity index (χ1) is 14.3. The maximum absolute atomic E-state index is 12.5. The number of likely N-dealkylation sites (N-methyl/N-ethyl adjacent to an activating group) is 1. The predicted molar refractivity (Wildman–Crippen MR) is 115 cm³/mol. The molecule has 0 aliphatic heterocycles. The minimum Gasteiger partial charge on any atom is -0.465 e. The summed E-state index contributed by atoms with van der Waals surface area (Å²) in [4.78, 5) is 52.3. The van der Waals surface area contributed by atoms with Crippen molar-refractivity contribution in [3.05, 3.63) is 50.7 Å². The van der Waals surface area contributed by atoms with E-state index in [1.807, 2.05) is 6.92 Å². The Morgan fingerprint density at radius 1 is 1.20 bits per heavy atom. The lowest BCUT2D eigenvalue weighted by molar-refractivity contribution is -0.115. The summed E-state index contributed by atoms with van der Waals surface area (Å²) in [5.41, 5.74) is 5.84. The van der Waals surface area contributed by atoms with Gasteiger partial charge in [0.2, 0.25) is 5.91 Å². The van der Waals surface area contributed by atoms with Crippen molar-refractivity contribution >= 4 is 29.1 Å². The number of nitrogens with zero attached hydrogens (tertiary/aromatic N) is 2. The molecule has 4 N–H and O–H groups in total. The molecular formula is C20H27N5O5. The highest BCUT2D eigenvalue weighted by Crippen LogP contribution is 2.17. The number of amides is 1. The number of rotatable bonds is 9. The van der Waals surface area contributed by atoms with Gasteiger partial charge in [0.1, 0.15) is 11.5 Å². The highest BCUT2D eigenvalue weighted by atomic mass is 16.5. The number of aromatic amines is 1. The van der Waals surface area contributed by atoms with Crippen LogP contribution in [-0.4, -0.2) is 41.6 Å². The van der Waals surface area contributed by atoms with E-state index in [4.69, 9.17) is 5.73 Å². The Bertz CT molecular complexity index is 1010. The molecule has 0 atom stereocenters. The summed E-state index contributed by atoms with van der Waals surface area (Å²) >= 11 is 0. The monoisotopic (exact) mass is 417 g/mol. The SMILES string of the molecule is CCCCn1c(N)c(N(CC)CC(=O)Nc2ccc(C(=O)OC)cc2)c(=O)[nH]c1=O. The van der Waals surface area contributed by atoms with Crippen LogP contribution >= 0.6 is 0 Å². The summed E-state index contributed by atoms with van der Waals surface area (Å²) in [7, 11) is 1.29. The first kappa shape index (κ1) is 22.7. The molecule has 0 saturated carbocycles. The second kappa shape index (κ2) is 10.3. The Hall–Kier alpha value is -3.56. The highest BCUT2D eigenvalue weighted by Gasteiger charge is 2.20. The van der Waals surface area contributed by atoms with E-state index in [0.29, 0.717) is 24.3 Å². The Kier molecular flexibility index (Phi) is 7.79. The van der Waals surface area contributed by atoms with E-state index in [9.17, 15) is 19.2 Å². The number of nitrogens with two attached hydrogens (primary N) is 1. The zero-order chi connectivity index (χ0) is 22.3. The first-order valence-corrected chi connectivity index (χ1v) is 9.68. The molecule has 1 heterocycles. The van der Waals surface area contributed by atoms with Gasteiger partial charge in [0.05, 0.1) is 19.2 Å². The molecule has 0 radical (unpaired) electrons. The largest absolute Gasteiger partial charge is 0.465 e. The number of ether oxygens (including phenoxy) is 1. The average Bonchev–Trinajstić information content (AvgIpc) is 2.72. The van der Waals surface area contributed by atoms with Crippen LogP contribution in [0.25, 0.3) is 0 Å². The molecule has 1 amide bonds. The van der Waals surface area contributed by atoms with Crippen LogP contribution in [-0.2, 0) is 16.1 Å². The molecule has 162 valence electrons. The first-order valence-electron chi connectivity index (χ1n) is 9.68. The van der Waals surface area contributed by atoms with Crippen LogP contribution in [0.5, 0.6) is 0 Å². The maximum atomic E-state index is 12.5. The molecule has 1 aromatic heterocycles. The summed E-state index contributed by atoms with van der Waals surface area (Å²) < 4.78 is 5.95. The number of methoxy groups -OCH3 is 1. The number of esters is 1. The van der Waals surface area contributed by atoms with E-state index in [2.05, 4.69) is 15.0 Å². The van der Waals surface area contributed by atoms with Crippen molar-refractivity contribution in [2.24, 2.45) is 0 Å². The van der Waals surface area contributed by atoms with Crippen LogP contribution in [0.3, 0.4) is 0 Å². The van der Waals surface area contributed by atoms with E-state index in [1.54, 1.807) is 19.1 Å². The minimum atomic E-state index is -0.637. The third-order valence-electron chi connectivity index (χ3n) is 4.57. The molecule has 0 bridgehead atoms. The van der Waals surface area contributed by atoms with Gasteiger partial charge in [-0.15, -0.1) is 0 Å². The van der Waals surface area contributed by atoms with Crippen molar-refractivity contribution in [3.63, 3.8) is 0 Å². The molecule has 0 aliphatic rings. The van der Waals surface area contributed by atoms with Gasteiger partial charge in [0, 0.05) is 18.8 Å². The summed E-state index contributed by atoms with van der Waals surface area (Å²) in [5.74, 6) is -0.819. The van der Waals surface area contributed by atoms with Gasteiger partial charge >= 0.3 is 11.7 Å². The lowest BCUT2D eigenvalue weighted by atomic mass is 10.2. The molecule has 10 heteroatoms. The quantitative estimate of drug-likeness (QED) is 0.520. The fourth-order valence-electron chi connectivity index (χ4n) is 2.95. The van der Waals surface area contributed by atoms with Crippen LogP contribution in [0, 0.1) is 0 Å². The third-order valence-corrected chi connectivity index (χ3v) is 4.57. The third kappa shape index (κ3) is 5.28. The van der Waals surface area contributed by atoms with Gasteiger partial charge in [-0.05, 0) is 37.6 Å². The normalized spacial score (nSPS) is 10.5. The van der Waals surface area contributed by atoms with Crippen LogP contribution in [0.1, 0.15) is 37.0 Å². The van der Waals surface area contributed by atoms with E-state index >= 15 is 0 Å². The van der Waals surface area contributed by atoms with Gasteiger partial charge in [-0.1, -0.05) is 13.3 Å². The lowest BCUT2D eigenvalue weighted by Crippen LogP contribution is -2.41. The molecule has 10 nitrogen and oxygen atoms in total. The van der Waals surface area contributed by atoms with Crippen molar-refractivity contribution in [1.82, 2.24) is 9.55 Å². The van der Waals surface area contributed by atoms with E-state index in [-0.39, 0.29) is 24.0 Å². The Morgan fingerprint density at radius 3 is 2.43 bits per heavy atom. The second-order valence-corrected chi connectivity index (χ2v) is 6.63. The smallest absolute Gasteiger partial charge is 0.337 e. The zero-order valence-electron chi connectivity index (χ0n) is 17.4. The number of anilines is 3. The number of hydrogen-bond acceptors (Lipinski definition) is 7. The highest BCUT2D eigenvalue weighted by molar-refractivity contribution is 5.95. The van der Waals surface area contributed by atoms with Crippen LogP contribution in [0.2, 0.25) is 0 Å². The second-order valence-electron chi connectivity index (χ2n) is 6.63. The number of H-pyrrole nitrogens is 1. The van der Waals surface area contributed by atoms with Gasteiger partial charge in [-0.25, -0.2) is 9.59 Å². The van der Waals surface area contributed by atoms with E-state index < -0.39 is 17.2 Å². The number of nitrogens with one attached hydrogen (secondary N) is 2. The summed E-state index contributed by atoms with van der Waals surface area (Å²) in [5, 5.41) is 2.71. The minimum absolute atomic E-state index is 0.0364. The molecule has 30 heavy (non-hydrogen) atoms. The summed E-state index contributed by atoms with van der Waals surface area (Å²) in [6.07, 6.45) is 1.58. The molecule has 0 saturated heterocycles. The summed E-state index contributed by atoms with van der Waals surface area (Å²) in [6.45, 7) is 4.32. The number of aromatic nitrogens is 2. The fraction of sp³-hybridized carbons (Fsp3) is 0.400. The molecule has 2 aromatic rings. The van der Waals surface area contributed by atoms with Gasteiger partial charge in [-0.3, -0.25) is 19.1 Å². The van der Waals surface area contributed by atoms with Gasteiger partial charge in [-0.2, -0.15) is 0 Å². The topological polar surface area (TPSA) is 140 Å². The van der Waals surface area contributed by atoms with Crippen molar-refractivity contribution < 1.29 is 14.3 Å². The summed E-state index contributed by atoms with van der Waals surface area (Å²) in [6, 6.07) is 6.22. The molecule has 0 aliphatic carbocycles. The van der Waals surface area contributed by atoms with E-state index in [1.165, 1.54) is 28.7 Å². The Morgan fingerprint density at radius 2 is 1.87 bits per heavy atom. The molecule has 0 fully saturated rings. The molecule has 0 spiro atoms. The van der Waals surface area contributed by atoms with Gasteiger partial charge < -0.3 is 20.7 Å². The standard InChI is InChI=1S/C20H27N5O5/c1-4-6-11-25-17(21)16(18(27)23-20(25)29)24(5-2)12-15(26)22-14-9-7-13(8-10-14)19(28)30-3/h7-10H,4-6,11-12,21H2,1-3H3,(H,22,26)(H,23,27,29). The number of unbranched alkanes of at least 4 members (excludes halogenated alkanes) is 1. The number of hydrogen-bond donors (Lipinski definition) is 3. The van der Waals surface area contributed by atoms with Crippen molar-refractivity contribution in [3.8, 4) is 0 Å². The van der Waals surface area contributed by atoms with Crippen molar-refractivity contribution in [2.75, 3.05) is 36.1 Å². The fourth-order valence-corrected chi connectivity index (χ4v) is 2.95. The predicted octanol–water partition coefficient (Wildman–Crippen LogP) is 1.17. The van der Waals surface area contributed by atoms with Crippen molar-refractivity contribution in [2.45, 2.75) is 33.2 Å². The Balaban J connectivity index is 2.20. The van der Waals surface area contributed by atoms with Crippen LogP contribution < -0.4 is 27.2 Å². The van der Waals surface area contributed by atoms with Crippen molar-refractivity contribution in [1.29, 1.82) is 0 Å². The maximum Gasteiger partial charge on any atom is 0.337 e. The molecular weight excluding hydrogens is 390 g/mol.